The number of hydrogen-bond acceptors (Lipinski definition) is 1. The molecule has 1 atom stereocenters. The fourth-order valence-electron chi connectivity index (χ4n) is 1.29. The molecule has 1 aliphatic rings. The molecule has 1 heterocycles. The lowest BCUT2D eigenvalue weighted by Gasteiger charge is -2.02. The van der Waals surface area contributed by atoms with Crippen LogP contribution in [0.4, 0.5) is 0 Å². The van der Waals surface area contributed by atoms with Crippen LogP contribution >= 0.6 is 0 Å². The van der Waals surface area contributed by atoms with Crippen LogP contribution in [0.2, 0.25) is 0 Å². The first-order valence-electron chi connectivity index (χ1n) is 3.68. The Morgan fingerprint density at radius 2 is 2.36 bits per heavy atom. The molecule has 1 aromatic heterocycles. The van der Waals surface area contributed by atoms with Gasteiger partial charge in [-0.15, -0.1) is 0 Å². The molecule has 2 rings (SSSR count). The number of fused-ring (bicyclic) bond motifs is 1. The van der Waals surface area contributed by atoms with E-state index in [0.717, 1.165) is 10.6 Å². The molecule has 1 aliphatic carbocycles. The van der Waals surface area contributed by atoms with E-state index in [0.29, 0.717) is 0 Å². The minimum Gasteiger partial charge on any atom is -0.361 e. The third-order valence-electron chi connectivity index (χ3n) is 1.98. The fraction of sp³-hybridized carbons (Fsp3) is 0.222. The second-order valence-electron chi connectivity index (χ2n) is 2.85. The summed E-state index contributed by atoms with van der Waals surface area (Å²) < 4.78 is 0. The number of Topliss-reactive ketones (excluding diaryl/α,β-unsaturated/α-hetero) is 1. The Bertz CT molecular complexity index is 399. The van der Waals surface area contributed by atoms with Crippen molar-refractivity contribution in [3.05, 3.63) is 22.8 Å². The van der Waals surface area contributed by atoms with Gasteiger partial charge in [0.05, 0.1) is 0 Å². The molecular formula is C9H9NO. The third kappa shape index (κ3) is 0.909. The molecule has 0 fully saturated rings. The largest absolute Gasteiger partial charge is 0.361 e. The summed E-state index contributed by atoms with van der Waals surface area (Å²) in [5.41, 5.74) is 0. The number of nitrogens with one attached hydrogen (secondary N) is 1. The molecule has 0 saturated heterocycles. The van der Waals surface area contributed by atoms with Gasteiger partial charge in [0.1, 0.15) is 0 Å². The second-order valence-corrected chi connectivity index (χ2v) is 2.85. The van der Waals surface area contributed by atoms with E-state index in [4.69, 9.17) is 0 Å². The number of ketones is 1. The number of hydrogen-bond donors (Lipinski definition) is 1. The Morgan fingerprint density at radius 3 is 3.18 bits per heavy atom. The molecule has 0 amide bonds. The summed E-state index contributed by atoms with van der Waals surface area (Å²) in [5.74, 6) is 0.221. The van der Waals surface area contributed by atoms with Crippen LogP contribution in [-0.2, 0) is 4.79 Å². The standard InChI is InChI=1S/C9H9NO/c1-6-4-7-2-3-10-8(7)5-9(6)11/h2-6,10H,1H3. The van der Waals surface area contributed by atoms with E-state index in [9.17, 15) is 4.79 Å². The minimum absolute atomic E-state index is 0.0401. The zero-order valence-corrected chi connectivity index (χ0v) is 6.29. The van der Waals surface area contributed by atoms with E-state index < -0.39 is 0 Å². The Hall–Kier alpha value is -1.31. The lowest BCUT2D eigenvalue weighted by Crippen LogP contribution is -2.30. The molecule has 2 heteroatoms. The first-order valence-corrected chi connectivity index (χ1v) is 3.68. The third-order valence-corrected chi connectivity index (χ3v) is 1.98. The molecule has 2 nitrogen and oxygen atoms in total. The van der Waals surface area contributed by atoms with E-state index in [1.165, 1.54) is 0 Å². The van der Waals surface area contributed by atoms with Crippen LogP contribution in [0.1, 0.15) is 6.92 Å². The Morgan fingerprint density at radius 1 is 1.55 bits per heavy atom. The smallest absolute Gasteiger partial charge is 0.164 e. The van der Waals surface area contributed by atoms with E-state index in [-0.39, 0.29) is 11.7 Å². The summed E-state index contributed by atoms with van der Waals surface area (Å²) in [7, 11) is 0. The Labute approximate surface area is 64.2 Å². The van der Waals surface area contributed by atoms with Gasteiger partial charge >= 0.3 is 0 Å². The Balaban J connectivity index is 2.78. The number of H-pyrrole nitrogens is 1. The van der Waals surface area contributed by atoms with Crippen LogP contribution in [0.5, 0.6) is 0 Å². The lowest BCUT2D eigenvalue weighted by molar-refractivity contribution is -0.114. The molecule has 1 N–H and O–H groups in total. The molecule has 0 spiro atoms. The van der Waals surface area contributed by atoms with E-state index >= 15 is 0 Å². The van der Waals surface area contributed by atoms with E-state index in [1.54, 1.807) is 6.08 Å². The van der Waals surface area contributed by atoms with Gasteiger partial charge in [0.2, 0.25) is 0 Å². The number of rotatable bonds is 0. The van der Waals surface area contributed by atoms with Gasteiger partial charge in [0, 0.05) is 23.5 Å². The maximum Gasteiger partial charge on any atom is 0.164 e. The highest BCUT2D eigenvalue weighted by Crippen LogP contribution is 2.01. The monoisotopic (exact) mass is 147 g/mol. The molecular weight excluding hydrogens is 138 g/mol. The van der Waals surface area contributed by atoms with Crippen molar-refractivity contribution in [1.29, 1.82) is 0 Å². The van der Waals surface area contributed by atoms with Crippen molar-refractivity contribution in [2.45, 2.75) is 6.92 Å². The average Bonchev–Trinajstić information content (AvgIpc) is 2.36. The average molecular weight is 147 g/mol. The van der Waals surface area contributed by atoms with Crippen molar-refractivity contribution >= 4 is 17.9 Å². The fourth-order valence-corrected chi connectivity index (χ4v) is 1.29. The van der Waals surface area contributed by atoms with E-state index in [2.05, 4.69) is 4.98 Å². The maximum atomic E-state index is 11.1. The molecule has 11 heavy (non-hydrogen) atoms. The van der Waals surface area contributed by atoms with Crippen LogP contribution in [0.25, 0.3) is 12.2 Å². The van der Waals surface area contributed by atoms with Crippen molar-refractivity contribution in [1.82, 2.24) is 4.98 Å². The first kappa shape index (κ1) is 6.40. The highest BCUT2D eigenvalue weighted by atomic mass is 16.1. The zero-order chi connectivity index (χ0) is 7.84. The van der Waals surface area contributed by atoms with Crippen LogP contribution in [0, 0.1) is 5.92 Å². The van der Waals surface area contributed by atoms with Crippen molar-refractivity contribution in [2.24, 2.45) is 5.92 Å². The van der Waals surface area contributed by atoms with Crippen LogP contribution in [-0.4, -0.2) is 10.8 Å². The van der Waals surface area contributed by atoms with E-state index in [1.807, 2.05) is 25.3 Å². The molecule has 0 bridgehead atoms. The second kappa shape index (κ2) is 2.09. The first-order chi connectivity index (χ1) is 5.27. The summed E-state index contributed by atoms with van der Waals surface area (Å²) >= 11 is 0. The van der Waals surface area contributed by atoms with Gasteiger partial charge in [-0.05, 0) is 11.3 Å². The van der Waals surface area contributed by atoms with Gasteiger partial charge in [-0.1, -0.05) is 13.0 Å². The van der Waals surface area contributed by atoms with Crippen LogP contribution < -0.4 is 10.6 Å². The molecule has 0 saturated carbocycles. The van der Waals surface area contributed by atoms with Gasteiger partial charge in [-0.3, -0.25) is 4.79 Å². The predicted octanol–water partition coefficient (Wildman–Crippen LogP) is -0.206. The molecule has 0 aliphatic heterocycles. The van der Waals surface area contributed by atoms with Gasteiger partial charge in [-0.25, -0.2) is 0 Å². The van der Waals surface area contributed by atoms with Crippen molar-refractivity contribution in [3.63, 3.8) is 0 Å². The number of carbonyl (C=O) groups is 1. The SMILES string of the molecule is CC1C=c2cc[nH]c2=CC1=O. The predicted molar refractivity (Wildman–Crippen MR) is 43.1 cm³/mol. The van der Waals surface area contributed by atoms with Crippen LogP contribution in [0.3, 0.4) is 0 Å². The summed E-state index contributed by atoms with van der Waals surface area (Å²) in [6.07, 6.45) is 5.50. The van der Waals surface area contributed by atoms with Crippen molar-refractivity contribution in [3.8, 4) is 0 Å². The Kier molecular flexibility index (Phi) is 1.22. The number of carbonyl (C=O) groups excluding carboxylic acids is 1. The van der Waals surface area contributed by atoms with Gasteiger partial charge < -0.3 is 4.98 Å². The number of aromatic amines is 1. The highest BCUT2D eigenvalue weighted by Gasteiger charge is 2.10. The summed E-state index contributed by atoms with van der Waals surface area (Å²) in [4.78, 5) is 14.1. The summed E-state index contributed by atoms with van der Waals surface area (Å²) in [6.45, 7) is 1.91. The van der Waals surface area contributed by atoms with Gasteiger partial charge in [0.15, 0.2) is 5.78 Å². The quantitative estimate of drug-likeness (QED) is 0.541. The molecule has 0 aromatic carbocycles. The highest BCUT2D eigenvalue weighted by molar-refractivity contribution is 6.10. The maximum absolute atomic E-state index is 11.1. The summed E-state index contributed by atoms with van der Waals surface area (Å²) in [6, 6.07) is 1.98. The molecule has 0 radical (unpaired) electrons. The molecule has 1 aromatic rings. The van der Waals surface area contributed by atoms with Gasteiger partial charge in [0.25, 0.3) is 0 Å². The molecule has 56 valence electrons. The normalized spacial score (nSPS) is 21.9. The van der Waals surface area contributed by atoms with Gasteiger partial charge in [-0.2, -0.15) is 0 Å². The lowest BCUT2D eigenvalue weighted by atomic mass is 10.0. The van der Waals surface area contributed by atoms with Crippen molar-refractivity contribution in [2.75, 3.05) is 0 Å². The van der Waals surface area contributed by atoms with Crippen molar-refractivity contribution < 1.29 is 4.79 Å². The molecule has 1 unspecified atom stereocenters. The zero-order valence-electron chi connectivity index (χ0n) is 6.29. The summed E-state index contributed by atoms with van der Waals surface area (Å²) in [5, 5.41) is 2.07. The minimum atomic E-state index is 0.0401. The number of aromatic nitrogens is 1. The van der Waals surface area contributed by atoms with Crippen LogP contribution in [0.15, 0.2) is 12.3 Å². The topological polar surface area (TPSA) is 32.9 Å².